The first kappa shape index (κ1) is 10.9. The first-order chi connectivity index (χ1) is 7.49. The van der Waals surface area contributed by atoms with Crippen molar-refractivity contribution in [3.63, 3.8) is 0 Å². The lowest BCUT2D eigenvalue weighted by molar-refractivity contribution is 0.468. The van der Waals surface area contributed by atoms with Crippen LogP contribution < -0.4 is 11.0 Å². The third-order valence-corrected chi connectivity index (χ3v) is 3.17. The fraction of sp³-hybridized carbons (Fsp3) is 0.0909. The Hall–Kier alpha value is -1.62. The molecule has 0 aliphatic carbocycles. The molecule has 2 aromatic rings. The topological polar surface area (TPSA) is 70.2 Å². The molecule has 0 unspecified atom stereocenters. The second-order valence-corrected chi connectivity index (χ2v) is 4.35. The molecule has 0 saturated heterocycles. The molecule has 82 valence electrons. The zero-order valence-corrected chi connectivity index (χ0v) is 9.96. The Morgan fingerprint density at radius 1 is 1.25 bits per heavy atom. The number of halogens is 1. The molecule has 2 rings (SSSR count). The maximum absolute atomic E-state index is 11.7. The summed E-state index contributed by atoms with van der Waals surface area (Å²) in [5.74, 6) is -0.574. The molecule has 0 radical (unpaired) electrons. The van der Waals surface area contributed by atoms with E-state index in [1.807, 2.05) is 6.92 Å². The third kappa shape index (κ3) is 1.74. The van der Waals surface area contributed by atoms with Gasteiger partial charge in [-0.05, 0) is 24.6 Å². The molecule has 1 aromatic heterocycles. The Labute approximate surface area is 98.7 Å². The smallest absolute Gasteiger partial charge is 0.290 e. The molecule has 0 saturated carbocycles. The van der Waals surface area contributed by atoms with Crippen molar-refractivity contribution < 1.29 is 5.11 Å². The number of rotatable bonds is 0. The molecule has 1 heterocycles. The first-order valence-electron chi connectivity index (χ1n) is 4.55. The second-order valence-electron chi connectivity index (χ2n) is 3.49. The lowest BCUT2D eigenvalue weighted by atomic mass is 10.1. The molecule has 0 atom stereocenters. The molecule has 0 aliphatic heterocycles. The highest BCUT2D eigenvalue weighted by Gasteiger charge is 2.04. The number of fused-ring (bicyclic) bond motifs is 1. The standard InChI is InChI=1S/C11H8BrNO3/c1-5-2-6-8(3-7(5)12)13-11(16)10(15)4-9(6)14/h2-4,15H,1H3,(H,13,16). The van der Waals surface area contributed by atoms with Gasteiger partial charge in [0, 0.05) is 15.9 Å². The van der Waals surface area contributed by atoms with Crippen LogP contribution in [0.15, 0.2) is 32.3 Å². The molecule has 4 nitrogen and oxygen atoms in total. The summed E-state index contributed by atoms with van der Waals surface area (Å²) in [6.45, 7) is 1.84. The Balaban J connectivity index is 3.10. The average Bonchev–Trinajstić information content (AvgIpc) is 2.30. The van der Waals surface area contributed by atoms with E-state index >= 15 is 0 Å². The van der Waals surface area contributed by atoms with Crippen molar-refractivity contribution in [1.82, 2.24) is 4.98 Å². The van der Waals surface area contributed by atoms with Gasteiger partial charge >= 0.3 is 0 Å². The van der Waals surface area contributed by atoms with Crippen LogP contribution in [-0.2, 0) is 0 Å². The molecule has 0 bridgehead atoms. The number of benzene rings is 1. The van der Waals surface area contributed by atoms with Gasteiger partial charge in [-0.25, -0.2) is 0 Å². The van der Waals surface area contributed by atoms with Gasteiger partial charge in [-0.15, -0.1) is 0 Å². The van der Waals surface area contributed by atoms with Crippen molar-refractivity contribution in [3.8, 4) is 5.75 Å². The van der Waals surface area contributed by atoms with Crippen LogP contribution in [0.2, 0.25) is 0 Å². The SMILES string of the molecule is Cc1cc2c(=O)cc(O)c(=O)[nH]c2cc1Br. The van der Waals surface area contributed by atoms with Gasteiger partial charge in [-0.1, -0.05) is 15.9 Å². The van der Waals surface area contributed by atoms with E-state index < -0.39 is 11.3 Å². The number of aryl methyl sites for hydroxylation is 1. The quantitative estimate of drug-likeness (QED) is 0.772. The zero-order chi connectivity index (χ0) is 11.9. The minimum Gasteiger partial charge on any atom is -0.503 e. The number of nitrogens with one attached hydrogen (secondary N) is 1. The monoisotopic (exact) mass is 281 g/mol. The first-order valence-corrected chi connectivity index (χ1v) is 5.35. The fourth-order valence-corrected chi connectivity index (χ4v) is 1.79. The van der Waals surface area contributed by atoms with Gasteiger partial charge < -0.3 is 10.1 Å². The van der Waals surface area contributed by atoms with Crippen LogP contribution in [0.4, 0.5) is 0 Å². The van der Waals surface area contributed by atoms with E-state index in [0.29, 0.717) is 10.9 Å². The summed E-state index contributed by atoms with van der Waals surface area (Å²) < 4.78 is 0.792. The fourth-order valence-electron chi connectivity index (χ4n) is 1.44. The van der Waals surface area contributed by atoms with Crippen molar-refractivity contribution in [2.24, 2.45) is 0 Å². The zero-order valence-electron chi connectivity index (χ0n) is 8.37. The highest BCUT2D eigenvalue weighted by Crippen LogP contribution is 2.20. The predicted octanol–water partition coefficient (Wildman–Crippen LogP) is 1.66. The van der Waals surface area contributed by atoms with Crippen LogP contribution in [0.3, 0.4) is 0 Å². The lowest BCUT2D eigenvalue weighted by Gasteiger charge is -1.98. The number of aromatic nitrogens is 1. The summed E-state index contributed by atoms with van der Waals surface area (Å²) in [5.41, 5.74) is 0.216. The van der Waals surface area contributed by atoms with Gasteiger partial charge in [0.25, 0.3) is 5.56 Å². The molecule has 16 heavy (non-hydrogen) atoms. The van der Waals surface area contributed by atoms with Crippen LogP contribution in [0.25, 0.3) is 10.9 Å². The van der Waals surface area contributed by atoms with Crippen LogP contribution >= 0.6 is 15.9 Å². The van der Waals surface area contributed by atoms with E-state index in [4.69, 9.17) is 0 Å². The summed E-state index contributed by atoms with van der Waals surface area (Å²) in [6.07, 6.45) is 0. The number of aromatic amines is 1. The van der Waals surface area contributed by atoms with Crippen LogP contribution in [-0.4, -0.2) is 10.1 Å². The van der Waals surface area contributed by atoms with Crippen molar-refractivity contribution in [3.05, 3.63) is 48.8 Å². The number of hydrogen-bond acceptors (Lipinski definition) is 3. The van der Waals surface area contributed by atoms with E-state index in [1.165, 1.54) is 0 Å². The Bertz CT molecular complexity index is 691. The number of H-pyrrole nitrogens is 1. The van der Waals surface area contributed by atoms with Gasteiger partial charge in [0.15, 0.2) is 11.2 Å². The Morgan fingerprint density at radius 3 is 2.62 bits per heavy atom. The van der Waals surface area contributed by atoms with Crippen molar-refractivity contribution >= 4 is 26.8 Å². The summed E-state index contributed by atoms with van der Waals surface area (Å²) >= 11 is 3.31. The molecule has 0 fully saturated rings. The van der Waals surface area contributed by atoms with Gasteiger partial charge in [0.2, 0.25) is 0 Å². The van der Waals surface area contributed by atoms with Gasteiger partial charge in [-0.3, -0.25) is 9.59 Å². The molecule has 0 spiro atoms. The maximum Gasteiger partial charge on any atom is 0.290 e. The van der Waals surface area contributed by atoms with E-state index in [9.17, 15) is 14.7 Å². The summed E-state index contributed by atoms with van der Waals surface area (Å²) in [7, 11) is 0. The normalized spacial score (nSPS) is 10.6. The van der Waals surface area contributed by atoms with Gasteiger partial charge in [0.1, 0.15) is 0 Å². The molecular formula is C11H8BrNO3. The summed E-state index contributed by atoms with van der Waals surface area (Å²) in [4.78, 5) is 25.5. The number of aromatic hydroxyl groups is 1. The predicted molar refractivity (Wildman–Crippen MR) is 64.9 cm³/mol. The van der Waals surface area contributed by atoms with E-state index in [0.717, 1.165) is 16.1 Å². The van der Waals surface area contributed by atoms with E-state index in [-0.39, 0.29) is 5.43 Å². The van der Waals surface area contributed by atoms with Crippen LogP contribution in [0, 0.1) is 6.92 Å². The molecule has 0 aliphatic rings. The van der Waals surface area contributed by atoms with Crippen molar-refractivity contribution in [2.45, 2.75) is 6.92 Å². The maximum atomic E-state index is 11.7. The highest BCUT2D eigenvalue weighted by molar-refractivity contribution is 9.10. The van der Waals surface area contributed by atoms with Crippen molar-refractivity contribution in [2.75, 3.05) is 0 Å². The van der Waals surface area contributed by atoms with Crippen LogP contribution in [0.5, 0.6) is 5.75 Å². The largest absolute Gasteiger partial charge is 0.503 e. The summed E-state index contributed by atoms with van der Waals surface area (Å²) in [5, 5.41) is 9.63. The molecule has 1 aromatic carbocycles. The second kappa shape index (κ2) is 3.75. The van der Waals surface area contributed by atoms with Gasteiger partial charge in [0.05, 0.1) is 5.52 Å². The summed E-state index contributed by atoms with van der Waals surface area (Å²) in [6, 6.07) is 4.23. The highest BCUT2D eigenvalue weighted by atomic mass is 79.9. The van der Waals surface area contributed by atoms with E-state index in [1.54, 1.807) is 12.1 Å². The minimum absolute atomic E-state index is 0.373. The molecule has 5 heteroatoms. The molecule has 0 amide bonds. The van der Waals surface area contributed by atoms with Crippen LogP contribution in [0.1, 0.15) is 5.56 Å². The van der Waals surface area contributed by atoms with E-state index in [2.05, 4.69) is 20.9 Å². The Morgan fingerprint density at radius 2 is 1.94 bits per heavy atom. The number of hydrogen-bond donors (Lipinski definition) is 2. The Kier molecular flexibility index (Phi) is 2.55. The molecule has 2 N–H and O–H groups in total. The average molecular weight is 282 g/mol. The molecular weight excluding hydrogens is 274 g/mol. The lowest BCUT2D eigenvalue weighted by Crippen LogP contribution is -2.00. The minimum atomic E-state index is -0.678. The third-order valence-electron chi connectivity index (χ3n) is 2.31. The van der Waals surface area contributed by atoms with Gasteiger partial charge in [-0.2, -0.15) is 0 Å². The van der Waals surface area contributed by atoms with Crippen molar-refractivity contribution in [1.29, 1.82) is 0 Å².